The number of rotatable bonds is 1. The van der Waals surface area contributed by atoms with Crippen molar-refractivity contribution in [3.05, 3.63) is 24.4 Å². The minimum Gasteiger partial charge on any atom is -0.321 e. The lowest BCUT2D eigenvalue weighted by atomic mass is 10.3. The van der Waals surface area contributed by atoms with Gasteiger partial charge in [0.15, 0.2) is 0 Å². The molecule has 0 amide bonds. The van der Waals surface area contributed by atoms with Gasteiger partial charge in [-0.2, -0.15) is 0 Å². The number of hydrogen-bond acceptors (Lipinski definition) is 5. The minimum atomic E-state index is 0.776. The molecule has 0 atom stereocenters. The quantitative estimate of drug-likeness (QED) is 0.775. The van der Waals surface area contributed by atoms with E-state index in [4.69, 9.17) is 0 Å². The first kappa shape index (κ1) is 8.72. The largest absolute Gasteiger partial charge is 0.321 e. The minimum absolute atomic E-state index is 0.776. The fourth-order valence-electron chi connectivity index (χ4n) is 1.47. The van der Waals surface area contributed by atoms with Crippen molar-refractivity contribution in [3.8, 4) is 11.5 Å². The molecule has 1 N–H and O–H groups in total. The van der Waals surface area contributed by atoms with Crippen LogP contribution < -0.4 is 5.43 Å². The first-order chi connectivity index (χ1) is 7.45. The molecule has 0 spiro atoms. The average Bonchev–Trinajstić information content (AvgIpc) is 2.74. The summed E-state index contributed by atoms with van der Waals surface area (Å²) in [6.07, 6.45) is 1.76. The molecule has 5 nitrogen and oxygen atoms in total. The number of pyridine rings is 1. The van der Waals surface area contributed by atoms with Crippen LogP contribution in [-0.4, -0.2) is 32.2 Å². The molecule has 0 unspecified atom stereocenters. The maximum atomic E-state index is 4.26. The van der Waals surface area contributed by atoms with Crippen LogP contribution in [0.3, 0.4) is 0 Å². The highest BCUT2D eigenvalue weighted by molar-refractivity contribution is 7.99. The van der Waals surface area contributed by atoms with Gasteiger partial charge in [-0.15, -0.1) is 10.2 Å². The summed E-state index contributed by atoms with van der Waals surface area (Å²) in [6.45, 7) is 0.926. The molecular formula is C9H9N5S. The van der Waals surface area contributed by atoms with E-state index in [-0.39, 0.29) is 0 Å². The van der Waals surface area contributed by atoms with Crippen LogP contribution in [0.15, 0.2) is 29.6 Å². The molecule has 15 heavy (non-hydrogen) atoms. The lowest BCUT2D eigenvalue weighted by Crippen LogP contribution is -2.23. The Morgan fingerprint density at radius 2 is 2.33 bits per heavy atom. The summed E-state index contributed by atoms with van der Waals surface area (Å²) in [6, 6.07) is 5.76. The van der Waals surface area contributed by atoms with E-state index in [1.165, 1.54) is 0 Å². The predicted molar refractivity (Wildman–Crippen MR) is 58.2 cm³/mol. The molecule has 1 aliphatic rings. The highest BCUT2D eigenvalue weighted by atomic mass is 32.2. The van der Waals surface area contributed by atoms with Gasteiger partial charge in [-0.05, 0) is 12.1 Å². The van der Waals surface area contributed by atoms with Gasteiger partial charge in [0.25, 0.3) is 0 Å². The molecule has 0 aliphatic carbocycles. The molecule has 2 aromatic heterocycles. The Morgan fingerprint density at radius 3 is 3.20 bits per heavy atom. The fraction of sp³-hybridized carbons (Fsp3) is 0.222. The van der Waals surface area contributed by atoms with E-state index < -0.39 is 0 Å². The van der Waals surface area contributed by atoms with E-state index in [0.717, 1.165) is 29.0 Å². The van der Waals surface area contributed by atoms with Gasteiger partial charge < -0.3 is 5.43 Å². The number of fused-ring (bicyclic) bond motifs is 1. The van der Waals surface area contributed by atoms with Crippen LogP contribution in [-0.2, 0) is 0 Å². The lowest BCUT2D eigenvalue weighted by Gasteiger charge is -2.15. The summed E-state index contributed by atoms with van der Waals surface area (Å²) in [7, 11) is 0. The summed E-state index contributed by atoms with van der Waals surface area (Å²) >= 11 is 1.70. The number of nitrogens with one attached hydrogen (secondary N) is 1. The first-order valence-electron chi connectivity index (χ1n) is 4.68. The Bertz CT molecular complexity index is 467. The maximum absolute atomic E-state index is 4.26. The Hall–Kier alpha value is -1.56. The van der Waals surface area contributed by atoms with Gasteiger partial charge in [0.1, 0.15) is 5.69 Å². The summed E-state index contributed by atoms with van der Waals surface area (Å²) in [5.74, 6) is 1.80. The van der Waals surface area contributed by atoms with E-state index in [1.54, 1.807) is 18.0 Å². The molecule has 3 heterocycles. The first-order valence-corrected chi connectivity index (χ1v) is 5.67. The standard InChI is InChI=1S/C9H9N5S/c1-2-4-10-7(3-1)8-12-13-9-14(8)11-5-6-15-9/h1-4,11H,5-6H2. The molecule has 6 heteroatoms. The van der Waals surface area contributed by atoms with Gasteiger partial charge >= 0.3 is 0 Å². The number of hydrogen-bond donors (Lipinski definition) is 1. The summed E-state index contributed by atoms with van der Waals surface area (Å²) in [4.78, 5) is 4.26. The van der Waals surface area contributed by atoms with Crippen molar-refractivity contribution < 1.29 is 0 Å². The zero-order chi connectivity index (χ0) is 10.1. The zero-order valence-corrected chi connectivity index (χ0v) is 8.74. The van der Waals surface area contributed by atoms with Crippen LogP contribution >= 0.6 is 11.8 Å². The molecule has 2 aromatic rings. The highest BCUT2D eigenvalue weighted by Crippen LogP contribution is 2.23. The molecule has 3 rings (SSSR count). The molecule has 76 valence electrons. The second-order valence-corrected chi connectivity index (χ2v) is 4.18. The van der Waals surface area contributed by atoms with E-state index in [0.29, 0.717) is 0 Å². The third-order valence-corrected chi connectivity index (χ3v) is 3.06. The Morgan fingerprint density at radius 1 is 1.33 bits per heavy atom. The van der Waals surface area contributed by atoms with Crippen molar-refractivity contribution in [1.29, 1.82) is 0 Å². The normalized spacial score (nSPS) is 14.4. The van der Waals surface area contributed by atoms with Crippen molar-refractivity contribution in [2.24, 2.45) is 0 Å². The van der Waals surface area contributed by atoms with Crippen LogP contribution in [0.1, 0.15) is 0 Å². The van der Waals surface area contributed by atoms with Crippen molar-refractivity contribution in [2.45, 2.75) is 5.16 Å². The highest BCUT2D eigenvalue weighted by Gasteiger charge is 2.17. The summed E-state index contributed by atoms with van der Waals surface area (Å²) in [5, 5.41) is 9.15. The lowest BCUT2D eigenvalue weighted by molar-refractivity contribution is 0.754. The Balaban J connectivity index is 2.09. The van der Waals surface area contributed by atoms with Gasteiger partial charge in [-0.25, -0.2) is 4.68 Å². The van der Waals surface area contributed by atoms with Crippen LogP contribution in [0, 0.1) is 0 Å². The number of nitrogens with zero attached hydrogens (tertiary/aromatic N) is 4. The third kappa shape index (κ3) is 1.46. The molecule has 1 aliphatic heterocycles. The topological polar surface area (TPSA) is 55.6 Å². The molecular weight excluding hydrogens is 210 g/mol. The van der Waals surface area contributed by atoms with Crippen molar-refractivity contribution in [3.63, 3.8) is 0 Å². The second kappa shape index (κ2) is 3.54. The van der Waals surface area contributed by atoms with E-state index in [1.807, 2.05) is 22.9 Å². The van der Waals surface area contributed by atoms with Crippen molar-refractivity contribution in [1.82, 2.24) is 19.9 Å². The van der Waals surface area contributed by atoms with Gasteiger partial charge in [0.2, 0.25) is 11.0 Å². The van der Waals surface area contributed by atoms with Gasteiger partial charge in [-0.3, -0.25) is 4.98 Å². The van der Waals surface area contributed by atoms with Gasteiger partial charge in [-0.1, -0.05) is 17.8 Å². The van der Waals surface area contributed by atoms with Gasteiger partial charge in [0.05, 0.1) is 0 Å². The van der Waals surface area contributed by atoms with E-state index in [2.05, 4.69) is 20.6 Å². The molecule has 0 saturated heterocycles. The Kier molecular flexibility index (Phi) is 2.06. The molecule has 0 bridgehead atoms. The van der Waals surface area contributed by atoms with Crippen LogP contribution in [0.5, 0.6) is 0 Å². The van der Waals surface area contributed by atoms with E-state index in [9.17, 15) is 0 Å². The monoisotopic (exact) mass is 219 g/mol. The Labute approximate surface area is 90.9 Å². The zero-order valence-electron chi connectivity index (χ0n) is 7.92. The molecule has 0 aromatic carbocycles. The van der Waals surface area contributed by atoms with Crippen LogP contribution in [0.4, 0.5) is 0 Å². The fourth-order valence-corrected chi connectivity index (χ4v) is 2.22. The van der Waals surface area contributed by atoms with Crippen LogP contribution in [0.2, 0.25) is 0 Å². The van der Waals surface area contributed by atoms with Crippen molar-refractivity contribution >= 4 is 11.8 Å². The molecule has 0 fully saturated rings. The SMILES string of the molecule is c1ccc(-c2nnc3n2NCCS3)nc1. The predicted octanol–water partition coefficient (Wildman–Crippen LogP) is 0.989. The van der Waals surface area contributed by atoms with E-state index >= 15 is 0 Å². The number of aromatic nitrogens is 4. The molecule has 0 saturated carbocycles. The third-order valence-electron chi connectivity index (χ3n) is 2.13. The van der Waals surface area contributed by atoms with Gasteiger partial charge in [0, 0.05) is 18.5 Å². The average molecular weight is 219 g/mol. The molecule has 0 radical (unpaired) electrons. The summed E-state index contributed by atoms with van der Waals surface area (Å²) < 4.78 is 1.90. The summed E-state index contributed by atoms with van der Waals surface area (Å²) in [5.41, 5.74) is 4.08. The second-order valence-electron chi connectivity index (χ2n) is 3.11. The maximum Gasteiger partial charge on any atom is 0.210 e. The van der Waals surface area contributed by atoms with Crippen molar-refractivity contribution in [2.75, 3.05) is 17.7 Å². The smallest absolute Gasteiger partial charge is 0.210 e. The number of thioether (sulfide) groups is 1. The van der Waals surface area contributed by atoms with Crippen LogP contribution in [0.25, 0.3) is 11.5 Å².